The normalized spacial score (nSPS) is 11.0. The fraction of sp³-hybridized carbons (Fsp3) is 0.750. The van der Waals surface area contributed by atoms with Crippen molar-refractivity contribution in [2.45, 2.75) is 20.4 Å². The van der Waals surface area contributed by atoms with Gasteiger partial charge in [-0.25, -0.2) is 0 Å². The molecule has 0 fully saturated rings. The lowest BCUT2D eigenvalue weighted by Crippen LogP contribution is -2.37. The summed E-state index contributed by atoms with van der Waals surface area (Å²) in [6.45, 7) is 6.90. The zero-order valence-electron chi connectivity index (χ0n) is 11.9. The van der Waals surface area contributed by atoms with Crippen LogP contribution in [0.25, 0.3) is 0 Å². The second kappa shape index (κ2) is 7.85. The monoisotopic (exact) mass is 269 g/mol. The molecule has 0 bridgehead atoms. The Hall–Kier alpha value is -1.47. The Labute approximate surface area is 113 Å². The van der Waals surface area contributed by atoms with E-state index in [1.807, 2.05) is 0 Å². The highest BCUT2D eigenvalue weighted by atomic mass is 16.5. The summed E-state index contributed by atoms with van der Waals surface area (Å²) in [5, 5.41) is 7.77. The van der Waals surface area contributed by atoms with Gasteiger partial charge in [-0.3, -0.25) is 9.48 Å². The van der Waals surface area contributed by atoms with Gasteiger partial charge in [0.2, 0.25) is 0 Å². The Morgan fingerprint density at radius 1 is 1.58 bits per heavy atom. The number of amides is 1. The van der Waals surface area contributed by atoms with Gasteiger partial charge in [0.25, 0.3) is 5.91 Å². The summed E-state index contributed by atoms with van der Waals surface area (Å²) < 4.78 is 6.61. The molecule has 0 aromatic carbocycles. The molecular weight excluding hydrogens is 246 g/mol. The van der Waals surface area contributed by atoms with Gasteiger partial charge < -0.3 is 15.4 Å². The van der Waals surface area contributed by atoms with Crippen molar-refractivity contribution in [3.63, 3.8) is 0 Å². The second-order valence-electron chi connectivity index (χ2n) is 4.79. The fourth-order valence-electron chi connectivity index (χ4n) is 1.72. The van der Waals surface area contributed by atoms with Crippen molar-refractivity contribution >= 4 is 5.91 Å². The van der Waals surface area contributed by atoms with E-state index in [1.165, 1.54) is 0 Å². The molecule has 7 nitrogen and oxygen atoms in total. The van der Waals surface area contributed by atoms with Crippen LogP contribution in [-0.4, -0.2) is 59.2 Å². The Morgan fingerprint density at radius 3 is 2.89 bits per heavy atom. The van der Waals surface area contributed by atoms with E-state index in [1.54, 1.807) is 22.9 Å². The van der Waals surface area contributed by atoms with E-state index in [0.29, 0.717) is 44.4 Å². The van der Waals surface area contributed by atoms with Crippen molar-refractivity contribution in [2.24, 2.45) is 11.7 Å². The zero-order valence-corrected chi connectivity index (χ0v) is 11.9. The molecular formula is C12H23N5O2. The van der Waals surface area contributed by atoms with Crippen molar-refractivity contribution in [3.05, 3.63) is 11.9 Å². The van der Waals surface area contributed by atoms with Gasteiger partial charge >= 0.3 is 0 Å². The predicted octanol–water partition coefficient (Wildman–Crippen LogP) is -0.0186. The van der Waals surface area contributed by atoms with E-state index in [0.717, 1.165) is 0 Å². The minimum Gasteiger partial charge on any atom is -0.383 e. The standard InChI is InChI=1S/C12H23N5O2/c1-10(2)8-16(6-7-19-3)12(18)11-9-17(5-4-13)15-14-11/h9-10H,4-8,13H2,1-3H3. The van der Waals surface area contributed by atoms with Crippen LogP contribution in [0.5, 0.6) is 0 Å². The lowest BCUT2D eigenvalue weighted by Gasteiger charge is -2.23. The average Bonchev–Trinajstić information content (AvgIpc) is 2.82. The summed E-state index contributed by atoms with van der Waals surface area (Å²) in [6.07, 6.45) is 1.63. The molecule has 0 saturated heterocycles. The molecule has 0 radical (unpaired) electrons. The number of hydrogen-bond donors (Lipinski definition) is 1. The topological polar surface area (TPSA) is 86.3 Å². The lowest BCUT2D eigenvalue weighted by molar-refractivity contribution is 0.0666. The minimum absolute atomic E-state index is 0.117. The molecule has 0 spiro atoms. The molecule has 1 amide bonds. The minimum atomic E-state index is -0.117. The maximum Gasteiger partial charge on any atom is 0.276 e. The number of rotatable bonds is 8. The van der Waals surface area contributed by atoms with E-state index < -0.39 is 0 Å². The van der Waals surface area contributed by atoms with E-state index in [4.69, 9.17) is 10.5 Å². The van der Waals surface area contributed by atoms with Gasteiger partial charge in [0.05, 0.1) is 19.3 Å². The molecule has 0 aliphatic heterocycles. The molecule has 1 heterocycles. The van der Waals surface area contributed by atoms with Gasteiger partial charge in [-0.15, -0.1) is 5.10 Å². The van der Waals surface area contributed by atoms with Crippen LogP contribution in [0.15, 0.2) is 6.20 Å². The molecule has 108 valence electrons. The first kappa shape index (κ1) is 15.6. The van der Waals surface area contributed by atoms with E-state index in [2.05, 4.69) is 24.2 Å². The maximum absolute atomic E-state index is 12.3. The molecule has 19 heavy (non-hydrogen) atoms. The summed E-state index contributed by atoms with van der Waals surface area (Å²) in [6, 6.07) is 0. The third kappa shape index (κ3) is 4.96. The smallest absolute Gasteiger partial charge is 0.276 e. The quantitative estimate of drug-likeness (QED) is 0.717. The number of carbonyl (C=O) groups is 1. The number of methoxy groups -OCH3 is 1. The van der Waals surface area contributed by atoms with Crippen LogP contribution in [0.3, 0.4) is 0 Å². The number of nitrogens with two attached hydrogens (primary N) is 1. The Morgan fingerprint density at radius 2 is 2.32 bits per heavy atom. The zero-order chi connectivity index (χ0) is 14.3. The summed E-state index contributed by atoms with van der Waals surface area (Å²) in [5.74, 6) is 0.272. The summed E-state index contributed by atoms with van der Waals surface area (Å²) in [5.41, 5.74) is 5.79. The molecule has 7 heteroatoms. The SMILES string of the molecule is COCCN(CC(C)C)C(=O)c1cn(CCN)nn1. The number of hydrogen-bond acceptors (Lipinski definition) is 5. The van der Waals surface area contributed by atoms with Crippen LogP contribution >= 0.6 is 0 Å². The molecule has 1 aromatic rings. The van der Waals surface area contributed by atoms with Crippen LogP contribution in [0.1, 0.15) is 24.3 Å². The van der Waals surface area contributed by atoms with Crippen LogP contribution in [-0.2, 0) is 11.3 Å². The second-order valence-corrected chi connectivity index (χ2v) is 4.79. The van der Waals surface area contributed by atoms with Gasteiger partial charge in [-0.1, -0.05) is 19.1 Å². The van der Waals surface area contributed by atoms with Crippen LogP contribution in [0, 0.1) is 5.92 Å². The van der Waals surface area contributed by atoms with Crippen LogP contribution < -0.4 is 5.73 Å². The van der Waals surface area contributed by atoms with E-state index in [9.17, 15) is 4.79 Å². The number of ether oxygens (including phenoxy) is 1. The first-order valence-electron chi connectivity index (χ1n) is 6.47. The van der Waals surface area contributed by atoms with Crippen LogP contribution in [0.2, 0.25) is 0 Å². The largest absolute Gasteiger partial charge is 0.383 e. The Bertz CT molecular complexity index is 391. The van der Waals surface area contributed by atoms with Gasteiger partial charge in [0, 0.05) is 26.7 Å². The predicted molar refractivity (Wildman–Crippen MR) is 71.7 cm³/mol. The van der Waals surface area contributed by atoms with Gasteiger partial charge in [0.15, 0.2) is 5.69 Å². The molecule has 1 aromatic heterocycles. The van der Waals surface area contributed by atoms with Crippen molar-refractivity contribution in [2.75, 3.05) is 33.4 Å². The van der Waals surface area contributed by atoms with Crippen molar-refractivity contribution in [1.29, 1.82) is 0 Å². The van der Waals surface area contributed by atoms with E-state index >= 15 is 0 Å². The summed E-state index contributed by atoms with van der Waals surface area (Å²) >= 11 is 0. The maximum atomic E-state index is 12.3. The molecule has 0 saturated carbocycles. The Kier molecular flexibility index (Phi) is 6.44. The summed E-state index contributed by atoms with van der Waals surface area (Å²) in [7, 11) is 1.62. The van der Waals surface area contributed by atoms with E-state index in [-0.39, 0.29) is 5.91 Å². The number of carbonyl (C=O) groups excluding carboxylic acids is 1. The molecule has 1 rings (SSSR count). The lowest BCUT2D eigenvalue weighted by atomic mass is 10.2. The highest BCUT2D eigenvalue weighted by Gasteiger charge is 2.19. The molecule has 0 aliphatic rings. The Balaban J connectivity index is 2.72. The molecule has 0 unspecified atom stereocenters. The first-order chi connectivity index (χ1) is 9.08. The van der Waals surface area contributed by atoms with Crippen molar-refractivity contribution in [1.82, 2.24) is 19.9 Å². The molecule has 0 atom stereocenters. The summed E-state index contributed by atoms with van der Waals surface area (Å²) in [4.78, 5) is 14.1. The average molecular weight is 269 g/mol. The van der Waals surface area contributed by atoms with Gasteiger partial charge in [0.1, 0.15) is 0 Å². The van der Waals surface area contributed by atoms with Crippen LogP contribution in [0.4, 0.5) is 0 Å². The van der Waals surface area contributed by atoms with Crippen molar-refractivity contribution in [3.8, 4) is 0 Å². The van der Waals surface area contributed by atoms with Crippen molar-refractivity contribution < 1.29 is 9.53 Å². The molecule has 2 N–H and O–H groups in total. The fourth-order valence-corrected chi connectivity index (χ4v) is 1.72. The van der Waals surface area contributed by atoms with Gasteiger partial charge in [-0.2, -0.15) is 0 Å². The molecule has 0 aliphatic carbocycles. The number of nitrogens with zero attached hydrogens (tertiary/aromatic N) is 4. The highest BCUT2D eigenvalue weighted by Crippen LogP contribution is 2.05. The number of aromatic nitrogens is 3. The van der Waals surface area contributed by atoms with Gasteiger partial charge in [-0.05, 0) is 5.92 Å². The highest BCUT2D eigenvalue weighted by molar-refractivity contribution is 5.91. The third-order valence-electron chi connectivity index (χ3n) is 2.55. The first-order valence-corrected chi connectivity index (χ1v) is 6.47. The third-order valence-corrected chi connectivity index (χ3v) is 2.55.